The van der Waals surface area contributed by atoms with Gasteiger partial charge in [-0.2, -0.15) is 0 Å². The number of fused-ring (bicyclic) bond motifs is 3. The zero-order valence-electron chi connectivity index (χ0n) is 33.7. The second-order valence-corrected chi connectivity index (χ2v) is 16.7. The second kappa shape index (κ2) is 16.1. The number of nitrogens with zero attached hydrogens (tertiary/aromatic N) is 3. The van der Waals surface area contributed by atoms with Gasteiger partial charge in [-0.25, -0.2) is 14.6 Å². The maximum Gasteiger partial charge on any atom is 0.410 e. The van der Waals surface area contributed by atoms with Crippen molar-refractivity contribution in [3.63, 3.8) is 0 Å². The summed E-state index contributed by atoms with van der Waals surface area (Å²) in [5.74, 6) is 0.275. The maximum atomic E-state index is 13.7. The lowest BCUT2D eigenvalue weighted by Crippen LogP contribution is -2.51. The summed E-state index contributed by atoms with van der Waals surface area (Å²) in [6.45, 7) is 14.8. The van der Waals surface area contributed by atoms with Gasteiger partial charge < -0.3 is 30.0 Å². The number of H-pyrrole nitrogens is 1. The van der Waals surface area contributed by atoms with E-state index in [0.717, 1.165) is 67.7 Å². The molecule has 2 aliphatic heterocycles. The molecule has 0 spiro atoms. The van der Waals surface area contributed by atoms with Gasteiger partial charge >= 0.3 is 12.2 Å². The van der Waals surface area contributed by atoms with Gasteiger partial charge in [0, 0.05) is 24.2 Å². The fraction of sp³-hybridized carbons (Fsp3) is 0.558. The summed E-state index contributed by atoms with van der Waals surface area (Å²) >= 11 is 0. The fourth-order valence-corrected chi connectivity index (χ4v) is 8.91. The van der Waals surface area contributed by atoms with Crippen molar-refractivity contribution >= 4 is 29.7 Å². The molecule has 1 aromatic heterocycles. The zero-order valence-corrected chi connectivity index (χ0v) is 33.7. The second-order valence-electron chi connectivity index (χ2n) is 16.7. The Balaban J connectivity index is 1.27. The van der Waals surface area contributed by atoms with E-state index in [-0.39, 0.29) is 29.2 Å². The van der Waals surface area contributed by atoms with Crippen molar-refractivity contribution in [1.82, 2.24) is 25.1 Å². The SMILES string of the molecule is CCCC1(CCC)c2cc(NC(=O)[C@@H]3CCCN3C(=O)OC(C)(C)C)ccc2-c2ccc(-c3cnc([C@@H]4CCCN4C(=O)C(NC(=O)OC)C(C)C)[nH]3)cc21. The summed E-state index contributed by atoms with van der Waals surface area (Å²) in [5, 5.41) is 5.88. The van der Waals surface area contributed by atoms with E-state index < -0.39 is 29.9 Å². The van der Waals surface area contributed by atoms with Gasteiger partial charge in [-0.05, 0) is 111 Å². The predicted octanol–water partition coefficient (Wildman–Crippen LogP) is 8.33. The van der Waals surface area contributed by atoms with Gasteiger partial charge in [0.05, 0.1) is 25.0 Å². The van der Waals surface area contributed by atoms with Crippen molar-refractivity contribution in [2.24, 2.45) is 5.92 Å². The minimum Gasteiger partial charge on any atom is -0.453 e. The Hall–Kier alpha value is -4.87. The van der Waals surface area contributed by atoms with E-state index in [4.69, 9.17) is 14.5 Å². The lowest BCUT2D eigenvalue weighted by molar-refractivity contribution is -0.135. The Morgan fingerprint density at radius 1 is 0.945 bits per heavy atom. The number of alkyl carbamates (subject to hydrolysis) is 1. The van der Waals surface area contributed by atoms with Crippen LogP contribution in [0, 0.1) is 5.92 Å². The summed E-state index contributed by atoms with van der Waals surface area (Å²) in [6.07, 6.45) is 7.58. The average molecular weight is 755 g/mol. The van der Waals surface area contributed by atoms with E-state index in [1.807, 2.05) is 51.8 Å². The van der Waals surface area contributed by atoms with Gasteiger partial charge in [0.15, 0.2) is 0 Å². The number of likely N-dealkylation sites (tertiary alicyclic amines) is 2. The molecule has 3 aliphatic rings. The number of aromatic amines is 1. The highest BCUT2D eigenvalue weighted by molar-refractivity contribution is 5.98. The molecular formula is C43H58N6O6. The molecule has 3 atom stereocenters. The van der Waals surface area contributed by atoms with Crippen molar-refractivity contribution in [2.75, 3.05) is 25.5 Å². The van der Waals surface area contributed by atoms with Crippen LogP contribution in [-0.4, -0.2) is 81.7 Å². The van der Waals surface area contributed by atoms with Crippen LogP contribution in [0.1, 0.15) is 123 Å². The highest BCUT2D eigenvalue weighted by atomic mass is 16.6. The van der Waals surface area contributed by atoms with Gasteiger partial charge in [-0.3, -0.25) is 14.5 Å². The highest BCUT2D eigenvalue weighted by Gasteiger charge is 2.43. The quantitative estimate of drug-likeness (QED) is 0.178. The molecule has 4 amide bonds. The molecule has 3 heterocycles. The van der Waals surface area contributed by atoms with E-state index in [1.54, 1.807) is 4.90 Å². The summed E-state index contributed by atoms with van der Waals surface area (Å²) < 4.78 is 10.4. The number of methoxy groups -OCH3 is 1. The van der Waals surface area contributed by atoms with Crippen LogP contribution in [0.25, 0.3) is 22.4 Å². The Labute approximate surface area is 325 Å². The first-order valence-corrected chi connectivity index (χ1v) is 20.0. The molecule has 0 bridgehead atoms. The lowest BCUT2D eigenvalue weighted by Gasteiger charge is -2.32. The number of carbonyl (C=O) groups is 4. The van der Waals surface area contributed by atoms with E-state index in [1.165, 1.54) is 29.4 Å². The molecule has 12 nitrogen and oxygen atoms in total. The number of anilines is 1. The van der Waals surface area contributed by atoms with Crippen LogP contribution in [0.3, 0.4) is 0 Å². The molecule has 0 saturated carbocycles. The Morgan fingerprint density at radius 2 is 1.60 bits per heavy atom. The number of rotatable bonds is 11. The van der Waals surface area contributed by atoms with Crippen LogP contribution in [0.2, 0.25) is 0 Å². The molecule has 1 unspecified atom stereocenters. The van der Waals surface area contributed by atoms with Crippen LogP contribution < -0.4 is 10.6 Å². The van der Waals surface area contributed by atoms with Crippen LogP contribution >= 0.6 is 0 Å². The lowest BCUT2D eigenvalue weighted by atomic mass is 9.71. The van der Waals surface area contributed by atoms with Gasteiger partial charge in [0.25, 0.3) is 0 Å². The summed E-state index contributed by atoms with van der Waals surface area (Å²) in [4.78, 5) is 64.2. The highest BCUT2D eigenvalue weighted by Crippen LogP contribution is 2.55. The molecule has 2 aromatic carbocycles. The van der Waals surface area contributed by atoms with Crippen molar-refractivity contribution in [2.45, 2.75) is 129 Å². The molecule has 55 heavy (non-hydrogen) atoms. The molecule has 1 aliphatic carbocycles. The van der Waals surface area contributed by atoms with E-state index in [2.05, 4.69) is 59.8 Å². The number of hydrogen-bond acceptors (Lipinski definition) is 7. The molecule has 6 rings (SSSR count). The van der Waals surface area contributed by atoms with Gasteiger partial charge in [0.1, 0.15) is 23.5 Å². The Morgan fingerprint density at radius 3 is 2.25 bits per heavy atom. The van der Waals surface area contributed by atoms with Crippen molar-refractivity contribution in [3.05, 3.63) is 59.5 Å². The molecule has 2 saturated heterocycles. The first-order valence-electron chi connectivity index (χ1n) is 20.0. The number of ether oxygens (including phenoxy) is 2. The third-order valence-electron chi connectivity index (χ3n) is 11.3. The Kier molecular flexibility index (Phi) is 11.6. The minimum atomic E-state index is -0.699. The molecule has 2 fully saturated rings. The topological polar surface area (TPSA) is 146 Å². The van der Waals surface area contributed by atoms with Gasteiger partial charge in [0.2, 0.25) is 11.8 Å². The summed E-state index contributed by atoms with van der Waals surface area (Å²) in [6, 6.07) is 11.3. The molecule has 3 aromatic rings. The smallest absolute Gasteiger partial charge is 0.410 e. The number of imidazole rings is 1. The number of nitrogens with one attached hydrogen (secondary N) is 3. The number of aromatic nitrogens is 2. The van der Waals surface area contributed by atoms with E-state index in [0.29, 0.717) is 19.5 Å². The molecule has 3 N–H and O–H groups in total. The molecule has 296 valence electrons. The van der Waals surface area contributed by atoms with E-state index in [9.17, 15) is 19.2 Å². The number of benzene rings is 2. The van der Waals surface area contributed by atoms with Crippen LogP contribution in [0.4, 0.5) is 15.3 Å². The molecule has 0 radical (unpaired) electrons. The predicted molar refractivity (Wildman–Crippen MR) is 213 cm³/mol. The van der Waals surface area contributed by atoms with Crippen molar-refractivity contribution < 1.29 is 28.7 Å². The first-order chi connectivity index (χ1) is 26.2. The fourth-order valence-electron chi connectivity index (χ4n) is 8.91. The van der Waals surface area contributed by atoms with Gasteiger partial charge in [-0.1, -0.05) is 58.7 Å². The summed E-state index contributed by atoms with van der Waals surface area (Å²) in [5.41, 5.74) is 6.56. The van der Waals surface area contributed by atoms with Crippen molar-refractivity contribution in [1.29, 1.82) is 0 Å². The third-order valence-corrected chi connectivity index (χ3v) is 11.3. The van der Waals surface area contributed by atoms with Crippen molar-refractivity contribution in [3.8, 4) is 22.4 Å². The van der Waals surface area contributed by atoms with Crippen LogP contribution in [0.5, 0.6) is 0 Å². The molecular weight excluding hydrogens is 697 g/mol. The Bertz CT molecular complexity index is 1910. The van der Waals surface area contributed by atoms with Crippen LogP contribution in [-0.2, 0) is 24.5 Å². The van der Waals surface area contributed by atoms with E-state index >= 15 is 0 Å². The maximum absolute atomic E-state index is 13.7. The zero-order chi connectivity index (χ0) is 39.7. The number of amides is 4. The largest absolute Gasteiger partial charge is 0.453 e. The molecule has 12 heteroatoms. The number of hydrogen-bond donors (Lipinski definition) is 3. The third kappa shape index (κ3) is 7.95. The average Bonchev–Trinajstić information content (AvgIpc) is 3.96. The first kappa shape index (κ1) is 39.8. The van der Waals surface area contributed by atoms with Crippen LogP contribution in [0.15, 0.2) is 42.6 Å². The summed E-state index contributed by atoms with van der Waals surface area (Å²) in [7, 11) is 1.30. The normalized spacial score (nSPS) is 19.2. The number of carbonyl (C=O) groups excluding carboxylic acids is 4. The minimum absolute atomic E-state index is 0.115. The monoisotopic (exact) mass is 754 g/mol. The standard InChI is InChI=1S/C43H58N6O6/c1-9-19-43(20-10-2)31-23-27(33-25-44-37(46-33)34-13-11-21-48(34)39(51)36(26(3)4)47-40(52)54-8)15-17-29(31)30-18-16-28(24-32(30)43)45-38(50)35-14-12-22-49(35)41(53)55-42(5,6)7/h15-18,23-26,34-36H,9-14,19-22H2,1-8H3,(H,44,46)(H,45,50)(H,47,52)/t34-,35-,36?/m0/s1. The van der Waals surface area contributed by atoms with Gasteiger partial charge in [-0.15, -0.1) is 0 Å².